The number of benzene rings is 2. The molecule has 7 N–H and O–H groups in total. The molecule has 2 aromatic carbocycles. The van der Waals surface area contributed by atoms with Crippen molar-refractivity contribution in [1.29, 1.82) is 0 Å². The van der Waals surface area contributed by atoms with Gasteiger partial charge in [0.05, 0.1) is 16.9 Å². The Kier molecular flexibility index (Phi) is 10.0. The molecule has 0 spiro atoms. The predicted octanol–water partition coefficient (Wildman–Crippen LogP) is 3.43. The summed E-state index contributed by atoms with van der Waals surface area (Å²) in [7, 11) is 0. The summed E-state index contributed by atoms with van der Waals surface area (Å²) < 4.78 is 1.95. The lowest BCUT2D eigenvalue weighted by molar-refractivity contribution is -0.137. The van der Waals surface area contributed by atoms with Gasteiger partial charge in [-0.15, -0.1) is 0 Å². The zero-order valence-corrected chi connectivity index (χ0v) is 21.4. The van der Waals surface area contributed by atoms with Gasteiger partial charge < -0.3 is 31.8 Å². The third kappa shape index (κ3) is 7.45. The predicted molar refractivity (Wildman–Crippen MR) is 148 cm³/mol. The maximum Gasteiger partial charge on any atom is 0.303 e. The summed E-state index contributed by atoms with van der Waals surface area (Å²) in [5.41, 5.74) is 14.4. The molecule has 0 saturated carbocycles. The molecule has 38 heavy (non-hydrogen) atoms. The second-order valence-electron chi connectivity index (χ2n) is 8.79. The number of para-hydroxylation sites is 1. The van der Waals surface area contributed by atoms with Crippen molar-refractivity contribution in [3.63, 3.8) is 0 Å². The molecule has 10 heteroatoms. The molecule has 0 radical (unpaired) electrons. The van der Waals surface area contributed by atoms with Crippen LogP contribution in [-0.2, 0) is 9.59 Å². The largest absolute Gasteiger partial charge is 0.481 e. The first-order valence-corrected chi connectivity index (χ1v) is 12.5. The highest BCUT2D eigenvalue weighted by atomic mass is 16.4. The molecule has 0 saturated heterocycles. The van der Waals surface area contributed by atoms with Gasteiger partial charge in [-0.25, -0.2) is 0 Å². The van der Waals surface area contributed by atoms with E-state index in [2.05, 4.69) is 15.6 Å². The van der Waals surface area contributed by atoms with E-state index in [9.17, 15) is 14.4 Å². The van der Waals surface area contributed by atoms with Crippen LogP contribution in [0.25, 0.3) is 16.9 Å². The molecule has 0 aliphatic carbocycles. The fourth-order valence-corrected chi connectivity index (χ4v) is 4.20. The van der Waals surface area contributed by atoms with Gasteiger partial charge in [0, 0.05) is 42.9 Å². The molecule has 0 bridgehead atoms. The van der Waals surface area contributed by atoms with Gasteiger partial charge in [-0.2, -0.15) is 0 Å². The summed E-state index contributed by atoms with van der Waals surface area (Å²) >= 11 is 0. The molecule has 10 nitrogen and oxygen atoms in total. The van der Waals surface area contributed by atoms with E-state index in [1.807, 2.05) is 72.2 Å². The first-order chi connectivity index (χ1) is 18.3. The SMILES string of the molecule is Cc1c(C(=O)NCCCCN=C(N)N)c(NC(=O)CCCC(=O)O)c(-c2ccccc2)n1-c1ccccc1. The van der Waals surface area contributed by atoms with Gasteiger partial charge in [0.25, 0.3) is 5.91 Å². The van der Waals surface area contributed by atoms with Crippen molar-refractivity contribution in [2.45, 2.75) is 39.0 Å². The number of rotatable bonds is 13. The molecule has 3 aromatic rings. The molecular weight excluding hydrogens is 484 g/mol. The fourth-order valence-electron chi connectivity index (χ4n) is 4.20. The van der Waals surface area contributed by atoms with Crippen molar-refractivity contribution >= 4 is 29.4 Å². The quantitative estimate of drug-likeness (QED) is 0.132. The minimum atomic E-state index is -0.964. The lowest BCUT2D eigenvalue weighted by Gasteiger charge is -2.14. The molecule has 0 aliphatic heterocycles. The summed E-state index contributed by atoms with van der Waals surface area (Å²) in [6, 6.07) is 19.1. The lowest BCUT2D eigenvalue weighted by Crippen LogP contribution is -2.27. The Balaban J connectivity index is 2.01. The highest BCUT2D eigenvalue weighted by Crippen LogP contribution is 2.38. The third-order valence-electron chi connectivity index (χ3n) is 5.92. The second-order valence-corrected chi connectivity index (χ2v) is 8.79. The molecule has 1 heterocycles. The van der Waals surface area contributed by atoms with Crippen LogP contribution in [0.4, 0.5) is 5.69 Å². The number of nitrogens with two attached hydrogens (primary N) is 2. The van der Waals surface area contributed by atoms with Gasteiger partial charge in [-0.1, -0.05) is 48.5 Å². The van der Waals surface area contributed by atoms with Crippen molar-refractivity contribution < 1.29 is 19.5 Å². The number of carbonyl (C=O) groups is 3. The normalized spacial score (nSPS) is 10.6. The van der Waals surface area contributed by atoms with Crippen molar-refractivity contribution in [2.24, 2.45) is 16.5 Å². The minimum Gasteiger partial charge on any atom is -0.481 e. The summed E-state index contributed by atoms with van der Waals surface area (Å²) in [6.45, 7) is 2.71. The number of aromatic nitrogens is 1. The van der Waals surface area contributed by atoms with Crippen molar-refractivity contribution in [3.8, 4) is 16.9 Å². The maximum atomic E-state index is 13.5. The van der Waals surface area contributed by atoms with Crippen LogP contribution in [0.3, 0.4) is 0 Å². The van der Waals surface area contributed by atoms with Gasteiger partial charge in [0.1, 0.15) is 0 Å². The topological polar surface area (TPSA) is 165 Å². The van der Waals surface area contributed by atoms with Gasteiger partial charge in [-0.3, -0.25) is 19.4 Å². The number of hydrogen-bond acceptors (Lipinski definition) is 4. The molecule has 1 aromatic heterocycles. The second kappa shape index (κ2) is 13.6. The summed E-state index contributed by atoms with van der Waals surface area (Å²) in [6.07, 6.45) is 1.46. The van der Waals surface area contributed by atoms with Gasteiger partial charge in [0.2, 0.25) is 5.91 Å². The zero-order valence-electron chi connectivity index (χ0n) is 21.4. The number of hydrogen-bond donors (Lipinski definition) is 5. The van der Waals surface area contributed by atoms with Crippen LogP contribution in [-0.4, -0.2) is 46.5 Å². The number of aliphatic carboxylic acids is 1. The maximum absolute atomic E-state index is 13.5. The average Bonchev–Trinajstić information content (AvgIpc) is 3.18. The number of carboxylic acids is 1. The third-order valence-corrected chi connectivity index (χ3v) is 5.92. The molecule has 0 atom stereocenters. The highest BCUT2D eigenvalue weighted by Gasteiger charge is 2.28. The monoisotopic (exact) mass is 518 g/mol. The average molecular weight is 519 g/mol. The number of carbonyl (C=O) groups excluding carboxylic acids is 2. The van der Waals surface area contributed by atoms with E-state index in [-0.39, 0.29) is 37.0 Å². The number of carboxylic acid groups (broad SMARTS) is 1. The van der Waals surface area contributed by atoms with E-state index in [1.165, 1.54) is 0 Å². The summed E-state index contributed by atoms with van der Waals surface area (Å²) in [5.74, 6) is -1.62. The fraction of sp³-hybridized carbons (Fsp3) is 0.286. The smallest absolute Gasteiger partial charge is 0.303 e. The number of nitrogens with one attached hydrogen (secondary N) is 2. The van der Waals surface area contributed by atoms with Crippen molar-refractivity contribution in [1.82, 2.24) is 9.88 Å². The number of anilines is 1. The zero-order chi connectivity index (χ0) is 27.5. The van der Waals surface area contributed by atoms with E-state index in [0.29, 0.717) is 48.6 Å². The summed E-state index contributed by atoms with van der Waals surface area (Å²) in [4.78, 5) is 41.3. The van der Waals surface area contributed by atoms with Gasteiger partial charge in [0.15, 0.2) is 5.96 Å². The Morgan fingerprint density at radius 1 is 0.921 bits per heavy atom. The van der Waals surface area contributed by atoms with E-state index in [0.717, 1.165) is 11.3 Å². The van der Waals surface area contributed by atoms with Crippen LogP contribution in [0, 0.1) is 6.92 Å². The van der Waals surface area contributed by atoms with Gasteiger partial charge in [-0.05, 0) is 38.3 Å². The number of unbranched alkanes of at least 4 members (excludes halogenated alkanes) is 1. The van der Waals surface area contributed by atoms with Crippen molar-refractivity contribution in [2.75, 3.05) is 18.4 Å². The molecule has 0 fully saturated rings. The van der Waals surface area contributed by atoms with Crippen LogP contribution in [0.2, 0.25) is 0 Å². The molecule has 0 aliphatic rings. The van der Waals surface area contributed by atoms with Crippen LogP contribution in [0.5, 0.6) is 0 Å². The first kappa shape index (κ1) is 28.0. The van der Waals surface area contributed by atoms with Crippen molar-refractivity contribution in [3.05, 3.63) is 71.9 Å². The van der Waals surface area contributed by atoms with Crippen LogP contribution >= 0.6 is 0 Å². The number of guanidine groups is 1. The Morgan fingerprint density at radius 3 is 2.21 bits per heavy atom. The number of aliphatic imine (C=N–C) groups is 1. The first-order valence-electron chi connectivity index (χ1n) is 12.5. The van der Waals surface area contributed by atoms with Crippen LogP contribution in [0.15, 0.2) is 65.7 Å². The van der Waals surface area contributed by atoms with Gasteiger partial charge >= 0.3 is 5.97 Å². The standard InChI is InChI=1S/C28H34N6O4/c1-19-24(27(38)31-17-8-9-18-32-28(29)30)25(33-22(35)15-10-16-23(36)37)26(20-11-4-2-5-12-20)34(19)21-13-6-3-7-14-21/h2-7,11-14H,8-10,15-18H2,1H3,(H,31,38)(H,33,35)(H,36,37)(H4,29,30,32). The minimum absolute atomic E-state index is 0.0158. The highest BCUT2D eigenvalue weighted by molar-refractivity contribution is 6.09. The molecule has 200 valence electrons. The Bertz CT molecular complexity index is 1280. The van der Waals surface area contributed by atoms with E-state index in [1.54, 1.807) is 0 Å². The van der Waals surface area contributed by atoms with Crippen LogP contribution in [0.1, 0.15) is 48.2 Å². The Hall–Kier alpha value is -4.60. The Morgan fingerprint density at radius 2 is 1.58 bits per heavy atom. The van der Waals surface area contributed by atoms with E-state index >= 15 is 0 Å². The van der Waals surface area contributed by atoms with E-state index in [4.69, 9.17) is 16.6 Å². The Labute approximate surface area is 221 Å². The number of nitrogens with zero attached hydrogens (tertiary/aromatic N) is 2. The molecular formula is C28H34N6O4. The van der Waals surface area contributed by atoms with E-state index < -0.39 is 5.97 Å². The molecule has 3 rings (SSSR count). The lowest BCUT2D eigenvalue weighted by atomic mass is 10.1. The molecule has 2 amide bonds. The molecule has 0 unspecified atom stereocenters. The number of amides is 2. The van der Waals surface area contributed by atoms with Crippen LogP contribution < -0.4 is 22.1 Å². The summed E-state index contributed by atoms with van der Waals surface area (Å²) in [5, 5.41) is 14.8.